The molecule has 6 aromatic carbocycles. The van der Waals surface area contributed by atoms with Crippen molar-refractivity contribution in [2.45, 2.75) is 9.79 Å². The van der Waals surface area contributed by atoms with E-state index in [2.05, 4.69) is 20.5 Å². The number of fused-ring (bicyclic) bond motifs is 3. The summed E-state index contributed by atoms with van der Waals surface area (Å²) >= 11 is 0. The Morgan fingerprint density at radius 2 is 0.846 bits per heavy atom. The van der Waals surface area contributed by atoms with Crippen LogP contribution in [0.4, 0.5) is 22.7 Å². The lowest BCUT2D eigenvalue weighted by Gasteiger charge is -2.08. The molecule has 0 aromatic heterocycles. The zero-order valence-corrected chi connectivity index (χ0v) is 28.8. The molecule has 6 rings (SSSR count). The molecule has 0 radical (unpaired) electrons. The van der Waals surface area contributed by atoms with E-state index in [0.717, 1.165) is 17.5 Å². The molecule has 0 heterocycles. The van der Waals surface area contributed by atoms with E-state index in [1.54, 1.807) is 24.3 Å². The number of nitrogens with zero attached hydrogens (tertiary/aromatic N) is 4. The van der Waals surface area contributed by atoms with Crippen LogP contribution in [0.15, 0.2) is 127 Å². The zero-order valence-electron chi connectivity index (χ0n) is 25.5. The van der Waals surface area contributed by atoms with Crippen LogP contribution in [0, 0.1) is 0 Å². The summed E-state index contributed by atoms with van der Waals surface area (Å²) in [6.45, 7) is 0. The van der Waals surface area contributed by atoms with Gasteiger partial charge in [-0.3, -0.25) is 9.11 Å². The number of benzene rings is 6. The van der Waals surface area contributed by atoms with Crippen molar-refractivity contribution in [3.63, 3.8) is 0 Å². The summed E-state index contributed by atoms with van der Waals surface area (Å²) < 4.78 is 117. The highest BCUT2D eigenvalue weighted by Crippen LogP contribution is 2.40. The molecule has 0 spiro atoms. The van der Waals surface area contributed by atoms with Gasteiger partial charge in [0.1, 0.15) is 11.5 Å². The van der Waals surface area contributed by atoms with E-state index >= 15 is 0 Å². The van der Waals surface area contributed by atoms with Crippen LogP contribution < -0.4 is 0 Å². The summed E-state index contributed by atoms with van der Waals surface area (Å²) in [4.78, 5) is -0.802. The van der Waals surface area contributed by atoms with Gasteiger partial charge in [-0.25, -0.2) is 0 Å². The fraction of sp³-hybridized carbons (Fsp3) is 0. The zero-order chi connectivity index (χ0) is 38.4. The molecule has 6 aromatic rings. The molecule has 0 aliphatic carbocycles. The average Bonchev–Trinajstić information content (AvgIpc) is 3.05. The number of rotatable bonds is 6. The molecule has 18 nitrogen and oxygen atoms in total. The van der Waals surface area contributed by atoms with E-state index in [1.807, 2.05) is 12.1 Å². The maximum absolute atomic E-state index is 11.9. The lowest BCUT2D eigenvalue weighted by Crippen LogP contribution is -1.97. The summed E-state index contributed by atoms with van der Waals surface area (Å²) in [7, 11) is -15.3. The predicted octanol–water partition coefficient (Wildman–Crippen LogP) is 5.87. The van der Waals surface area contributed by atoms with Gasteiger partial charge in [0.25, 0.3) is 20.2 Å². The lowest BCUT2D eigenvalue weighted by atomic mass is 10.1. The summed E-state index contributed by atoms with van der Waals surface area (Å²) in [5.41, 5.74) is 1.17. The van der Waals surface area contributed by atoms with Gasteiger partial charge in [-0.15, -0.1) is 45.7 Å². The van der Waals surface area contributed by atoms with Crippen molar-refractivity contribution in [2.24, 2.45) is 20.5 Å². The Morgan fingerprint density at radius 1 is 0.442 bits per heavy atom. The molecule has 0 aliphatic rings. The molecule has 0 bridgehead atoms. The van der Waals surface area contributed by atoms with Crippen molar-refractivity contribution in [3.05, 3.63) is 97.1 Å². The van der Waals surface area contributed by atoms with Crippen molar-refractivity contribution >= 4 is 96.5 Å². The first-order chi connectivity index (χ1) is 24.4. The van der Waals surface area contributed by atoms with Crippen LogP contribution in [0.3, 0.4) is 0 Å². The van der Waals surface area contributed by atoms with Gasteiger partial charge in [-0.2, -0.15) is 16.8 Å². The molecule has 0 saturated heterocycles. The number of azo groups is 2. The average molecular weight is 789 g/mol. The lowest BCUT2D eigenvalue weighted by molar-refractivity contribution is 0.479. The van der Waals surface area contributed by atoms with Gasteiger partial charge in [-0.1, -0.05) is 36.4 Å². The maximum Gasteiger partial charge on any atom is 0.425 e. The van der Waals surface area contributed by atoms with Gasteiger partial charge in [0.2, 0.25) is 0 Å². The van der Waals surface area contributed by atoms with Crippen LogP contribution >= 0.6 is 0 Å². The molecule has 0 unspecified atom stereocenters. The molecular weight excluding hydrogens is 769 g/mol. The highest BCUT2D eigenvalue weighted by atomic mass is 32.2. The van der Waals surface area contributed by atoms with Gasteiger partial charge in [0, 0.05) is 21.5 Å². The normalized spacial score (nSPS) is 11.7. The Kier molecular flexibility index (Phi) is 11.8. The van der Waals surface area contributed by atoms with Crippen LogP contribution in [0.25, 0.3) is 32.3 Å². The third kappa shape index (κ3) is 9.59. The highest BCUT2D eigenvalue weighted by molar-refractivity contribution is 7.86. The molecular formula is C30H20N4O14S4. The van der Waals surface area contributed by atoms with Crippen LogP contribution in [-0.2, 0) is 41.5 Å². The fourth-order valence-electron chi connectivity index (χ4n) is 4.78. The van der Waals surface area contributed by atoms with E-state index in [-0.39, 0.29) is 38.5 Å². The summed E-state index contributed by atoms with van der Waals surface area (Å²) in [5, 5.41) is 40.3. The SMILES string of the molecule is O=S(=O)(O)c1ccc2c(N=Nc3ccc(N=Nc4cccc5cccc(O)c45)c4ccc(S(=O)(=O)O)cc34)ccc(O)c2c1.O=S(=O)=O.O=S(=O)=O. The van der Waals surface area contributed by atoms with E-state index in [0.29, 0.717) is 27.5 Å². The van der Waals surface area contributed by atoms with E-state index < -0.39 is 46.3 Å². The summed E-state index contributed by atoms with van der Waals surface area (Å²) in [6.07, 6.45) is 0. The monoisotopic (exact) mass is 788 g/mol. The standard InChI is InChI=1S/C30H20N4O8S2.2O3S/c35-28-14-13-25(21-10-8-19(16-23(21)28)44(40,41)42)31-33-26-12-11-24(20-9-7-18(15-22(20)26)43(37,38)39)32-34-27-5-1-3-17-4-2-6-29(36)30(17)27;2*1-4(2)3/h1-16,35-36H,(H,37,38,39)(H,40,41,42);;. The second-order valence-electron chi connectivity index (χ2n) is 10.0. The van der Waals surface area contributed by atoms with Crippen molar-refractivity contribution in [2.75, 3.05) is 0 Å². The first-order valence-corrected chi connectivity index (χ1v) is 18.6. The number of aromatic hydroxyl groups is 2. The molecule has 0 saturated carbocycles. The first-order valence-electron chi connectivity index (χ1n) is 13.7. The van der Waals surface area contributed by atoms with Gasteiger partial charge in [0.05, 0.1) is 37.9 Å². The Labute approximate surface area is 295 Å². The summed E-state index contributed by atoms with van der Waals surface area (Å²) in [6, 6.07) is 23.7. The third-order valence-electron chi connectivity index (χ3n) is 6.87. The molecule has 22 heteroatoms. The minimum Gasteiger partial charge on any atom is -0.507 e. The number of phenolic OH excluding ortho intramolecular Hbond substituents is 2. The van der Waals surface area contributed by atoms with Crippen LogP contribution in [0.2, 0.25) is 0 Å². The van der Waals surface area contributed by atoms with Crippen molar-refractivity contribution < 1.29 is 61.4 Å². The molecule has 268 valence electrons. The highest BCUT2D eigenvalue weighted by Gasteiger charge is 2.16. The Morgan fingerprint density at radius 3 is 1.35 bits per heavy atom. The van der Waals surface area contributed by atoms with Crippen LogP contribution in [0.1, 0.15) is 0 Å². The van der Waals surface area contributed by atoms with Crippen molar-refractivity contribution in [1.29, 1.82) is 0 Å². The minimum atomic E-state index is -4.58. The Hall–Kier alpha value is -6.04. The maximum atomic E-state index is 11.9. The largest absolute Gasteiger partial charge is 0.507 e. The minimum absolute atomic E-state index is 0.0337. The number of phenols is 2. The quantitative estimate of drug-likeness (QED) is 0.113. The van der Waals surface area contributed by atoms with E-state index in [9.17, 15) is 36.2 Å². The third-order valence-corrected chi connectivity index (χ3v) is 8.57. The molecule has 0 amide bonds. The second-order valence-corrected chi connectivity index (χ2v) is 13.7. The summed E-state index contributed by atoms with van der Waals surface area (Å²) in [5.74, 6) is -0.214. The predicted molar refractivity (Wildman–Crippen MR) is 183 cm³/mol. The van der Waals surface area contributed by atoms with Gasteiger partial charge >= 0.3 is 21.2 Å². The Balaban J connectivity index is 0.000000687. The van der Waals surface area contributed by atoms with Crippen LogP contribution in [-0.4, -0.2) is 61.4 Å². The van der Waals surface area contributed by atoms with E-state index in [4.69, 9.17) is 25.3 Å². The number of hydrogen-bond acceptors (Lipinski definition) is 16. The van der Waals surface area contributed by atoms with E-state index in [1.165, 1.54) is 48.5 Å². The topological polar surface area (TPSA) is 301 Å². The molecule has 4 N–H and O–H groups in total. The van der Waals surface area contributed by atoms with Crippen molar-refractivity contribution in [3.8, 4) is 11.5 Å². The second kappa shape index (κ2) is 15.9. The van der Waals surface area contributed by atoms with Crippen LogP contribution in [0.5, 0.6) is 11.5 Å². The van der Waals surface area contributed by atoms with Gasteiger partial charge < -0.3 is 10.2 Å². The van der Waals surface area contributed by atoms with Crippen molar-refractivity contribution in [1.82, 2.24) is 0 Å². The number of hydrogen-bond donors (Lipinski definition) is 4. The van der Waals surface area contributed by atoms with Gasteiger partial charge in [0.15, 0.2) is 0 Å². The molecule has 0 aliphatic heterocycles. The van der Waals surface area contributed by atoms with Gasteiger partial charge in [-0.05, 0) is 66.0 Å². The molecule has 52 heavy (non-hydrogen) atoms. The molecule has 0 fully saturated rings. The Bertz CT molecular complexity index is 2860. The fourth-order valence-corrected chi connectivity index (χ4v) is 5.79. The first kappa shape index (κ1) is 38.8. The smallest absolute Gasteiger partial charge is 0.425 e. The molecule has 0 atom stereocenters.